The number of aromatic nitrogens is 1. The first kappa shape index (κ1) is 13.2. The molecule has 0 N–H and O–H groups in total. The molecular formula is C11H16N2O4. The van der Waals surface area contributed by atoms with Crippen LogP contribution in [0.25, 0.3) is 0 Å². The Bertz CT molecular complexity index is 400. The van der Waals surface area contributed by atoms with Crippen LogP contribution in [0.3, 0.4) is 0 Å². The first-order valence-corrected chi connectivity index (χ1v) is 5.37. The smallest absolute Gasteiger partial charge is 0.325 e. The molecular weight excluding hydrogens is 224 g/mol. The number of carbonyl (C=O) groups excluding carboxylic acids is 2. The highest BCUT2D eigenvalue weighted by Gasteiger charge is 2.21. The lowest BCUT2D eigenvalue weighted by molar-refractivity contribution is -0.141. The van der Waals surface area contributed by atoms with Crippen LogP contribution in [-0.4, -0.2) is 42.1 Å². The van der Waals surface area contributed by atoms with Gasteiger partial charge in [-0.1, -0.05) is 12.1 Å². The van der Waals surface area contributed by atoms with Gasteiger partial charge in [-0.25, -0.2) is 0 Å². The molecule has 1 amide bonds. The minimum atomic E-state index is -0.452. The SMILES string of the molecule is CCCN(CC(=O)OC)C(=O)c1cc(C)on1. The molecule has 0 saturated carbocycles. The lowest BCUT2D eigenvalue weighted by Gasteiger charge is -2.19. The molecule has 17 heavy (non-hydrogen) atoms. The monoisotopic (exact) mass is 240 g/mol. The summed E-state index contributed by atoms with van der Waals surface area (Å²) in [5, 5.41) is 3.63. The Morgan fingerprint density at radius 2 is 2.24 bits per heavy atom. The second-order valence-corrected chi connectivity index (χ2v) is 3.63. The van der Waals surface area contributed by atoms with Crippen molar-refractivity contribution in [1.82, 2.24) is 10.1 Å². The van der Waals surface area contributed by atoms with E-state index < -0.39 is 5.97 Å². The summed E-state index contributed by atoms with van der Waals surface area (Å²) < 4.78 is 9.37. The van der Waals surface area contributed by atoms with E-state index in [0.29, 0.717) is 12.3 Å². The highest BCUT2D eigenvalue weighted by molar-refractivity contribution is 5.94. The van der Waals surface area contributed by atoms with E-state index in [-0.39, 0.29) is 18.1 Å². The van der Waals surface area contributed by atoms with Crippen LogP contribution in [0, 0.1) is 6.92 Å². The molecule has 0 aliphatic carbocycles. The van der Waals surface area contributed by atoms with Crippen molar-refractivity contribution in [3.63, 3.8) is 0 Å². The Kier molecular flexibility index (Phi) is 4.68. The second-order valence-electron chi connectivity index (χ2n) is 3.63. The summed E-state index contributed by atoms with van der Waals surface area (Å²) in [5.74, 6) is -0.219. The number of hydrogen-bond acceptors (Lipinski definition) is 5. The van der Waals surface area contributed by atoms with Gasteiger partial charge in [0.05, 0.1) is 7.11 Å². The third-order valence-electron chi connectivity index (χ3n) is 2.18. The highest BCUT2D eigenvalue weighted by Crippen LogP contribution is 2.06. The van der Waals surface area contributed by atoms with Crippen LogP contribution in [-0.2, 0) is 9.53 Å². The second kappa shape index (κ2) is 6.03. The first-order chi connectivity index (χ1) is 8.08. The molecule has 1 aromatic heterocycles. The molecule has 0 radical (unpaired) electrons. The van der Waals surface area contributed by atoms with Crippen molar-refractivity contribution in [2.75, 3.05) is 20.2 Å². The average Bonchev–Trinajstić information content (AvgIpc) is 2.74. The third-order valence-corrected chi connectivity index (χ3v) is 2.18. The molecule has 0 aromatic carbocycles. The molecule has 6 heteroatoms. The van der Waals surface area contributed by atoms with Crippen molar-refractivity contribution in [3.8, 4) is 0 Å². The quantitative estimate of drug-likeness (QED) is 0.718. The maximum absolute atomic E-state index is 12.0. The summed E-state index contributed by atoms with van der Waals surface area (Å²) in [4.78, 5) is 24.6. The van der Waals surface area contributed by atoms with Crippen LogP contribution in [0.5, 0.6) is 0 Å². The van der Waals surface area contributed by atoms with Crippen LogP contribution in [0.2, 0.25) is 0 Å². The molecule has 94 valence electrons. The Morgan fingerprint density at radius 1 is 1.53 bits per heavy atom. The van der Waals surface area contributed by atoms with Crippen LogP contribution in [0.4, 0.5) is 0 Å². The number of methoxy groups -OCH3 is 1. The first-order valence-electron chi connectivity index (χ1n) is 5.37. The maximum atomic E-state index is 12.0. The summed E-state index contributed by atoms with van der Waals surface area (Å²) in [6, 6.07) is 1.54. The van der Waals surface area contributed by atoms with E-state index in [1.165, 1.54) is 12.0 Å². The van der Waals surface area contributed by atoms with Crippen molar-refractivity contribution >= 4 is 11.9 Å². The molecule has 0 aliphatic heterocycles. The van der Waals surface area contributed by atoms with Gasteiger partial charge in [0.25, 0.3) is 5.91 Å². The fourth-order valence-electron chi connectivity index (χ4n) is 1.37. The molecule has 0 aliphatic rings. The van der Waals surface area contributed by atoms with Crippen LogP contribution >= 0.6 is 0 Å². The van der Waals surface area contributed by atoms with Gasteiger partial charge < -0.3 is 14.2 Å². The Balaban J connectivity index is 2.76. The van der Waals surface area contributed by atoms with Crippen molar-refractivity contribution in [2.24, 2.45) is 0 Å². The zero-order chi connectivity index (χ0) is 12.8. The summed E-state index contributed by atoms with van der Waals surface area (Å²) >= 11 is 0. The van der Waals surface area contributed by atoms with Crippen LogP contribution in [0.15, 0.2) is 10.6 Å². The molecule has 1 rings (SSSR count). The zero-order valence-electron chi connectivity index (χ0n) is 10.2. The van der Waals surface area contributed by atoms with Crippen molar-refractivity contribution in [1.29, 1.82) is 0 Å². The zero-order valence-corrected chi connectivity index (χ0v) is 10.2. The van der Waals surface area contributed by atoms with Gasteiger partial charge in [0.1, 0.15) is 12.3 Å². The average molecular weight is 240 g/mol. The minimum Gasteiger partial charge on any atom is -0.468 e. The molecule has 0 atom stereocenters. The summed E-state index contributed by atoms with van der Waals surface area (Å²) in [5.41, 5.74) is 0.208. The van der Waals surface area contributed by atoms with Gasteiger partial charge >= 0.3 is 5.97 Å². The van der Waals surface area contributed by atoms with Crippen molar-refractivity contribution in [3.05, 3.63) is 17.5 Å². The van der Waals surface area contributed by atoms with E-state index in [0.717, 1.165) is 6.42 Å². The molecule has 0 unspecified atom stereocenters. The topological polar surface area (TPSA) is 72.6 Å². The van der Waals surface area contributed by atoms with Crippen molar-refractivity contribution in [2.45, 2.75) is 20.3 Å². The standard InChI is InChI=1S/C11H16N2O4/c1-4-5-13(7-10(14)16-3)11(15)9-6-8(2)17-12-9/h6H,4-5,7H2,1-3H3. The van der Waals surface area contributed by atoms with E-state index >= 15 is 0 Å². The number of nitrogens with zero attached hydrogens (tertiary/aromatic N) is 2. The summed E-state index contributed by atoms with van der Waals surface area (Å²) in [6.45, 7) is 4.02. The lowest BCUT2D eigenvalue weighted by Crippen LogP contribution is -2.37. The van der Waals surface area contributed by atoms with E-state index in [1.807, 2.05) is 6.92 Å². The van der Waals surface area contributed by atoms with Gasteiger partial charge in [0.2, 0.25) is 0 Å². The Morgan fingerprint density at radius 3 is 2.71 bits per heavy atom. The predicted molar refractivity (Wildman–Crippen MR) is 59.5 cm³/mol. The Labute approximate surface area is 99.5 Å². The van der Waals surface area contributed by atoms with Gasteiger partial charge in [-0.3, -0.25) is 9.59 Å². The number of aryl methyl sites for hydroxylation is 1. The number of hydrogen-bond donors (Lipinski definition) is 0. The van der Waals surface area contributed by atoms with Gasteiger partial charge in [-0.2, -0.15) is 0 Å². The van der Waals surface area contributed by atoms with Crippen LogP contribution in [0.1, 0.15) is 29.6 Å². The minimum absolute atomic E-state index is 0.0743. The van der Waals surface area contributed by atoms with Gasteiger partial charge in [-0.15, -0.1) is 0 Å². The summed E-state index contributed by atoms with van der Waals surface area (Å²) in [7, 11) is 1.29. The number of ether oxygens (including phenoxy) is 1. The molecule has 0 fully saturated rings. The van der Waals surface area contributed by atoms with Gasteiger partial charge in [-0.05, 0) is 13.3 Å². The molecule has 6 nitrogen and oxygen atoms in total. The van der Waals surface area contributed by atoms with Gasteiger partial charge in [0.15, 0.2) is 5.69 Å². The third kappa shape index (κ3) is 3.58. The maximum Gasteiger partial charge on any atom is 0.325 e. The number of amides is 1. The molecule has 1 aromatic rings. The van der Waals surface area contributed by atoms with Gasteiger partial charge in [0, 0.05) is 12.6 Å². The number of carbonyl (C=O) groups is 2. The molecule has 0 saturated heterocycles. The van der Waals surface area contributed by atoms with Crippen LogP contribution < -0.4 is 0 Å². The lowest BCUT2D eigenvalue weighted by atomic mass is 10.3. The normalized spacial score (nSPS) is 10.1. The number of rotatable bonds is 5. The molecule has 1 heterocycles. The highest BCUT2D eigenvalue weighted by atomic mass is 16.5. The van der Waals surface area contributed by atoms with E-state index in [1.54, 1.807) is 13.0 Å². The largest absolute Gasteiger partial charge is 0.468 e. The van der Waals surface area contributed by atoms with E-state index in [9.17, 15) is 9.59 Å². The van der Waals surface area contributed by atoms with E-state index in [4.69, 9.17) is 4.52 Å². The fraction of sp³-hybridized carbons (Fsp3) is 0.545. The Hall–Kier alpha value is -1.85. The molecule has 0 bridgehead atoms. The fourth-order valence-corrected chi connectivity index (χ4v) is 1.37. The molecule has 0 spiro atoms. The van der Waals surface area contributed by atoms with Crippen molar-refractivity contribution < 1.29 is 18.8 Å². The number of esters is 1. The summed E-state index contributed by atoms with van der Waals surface area (Å²) in [6.07, 6.45) is 0.750. The predicted octanol–water partition coefficient (Wildman–Crippen LogP) is 1.01. The van der Waals surface area contributed by atoms with E-state index in [2.05, 4.69) is 9.89 Å².